The van der Waals surface area contributed by atoms with Crippen LogP contribution in [0.5, 0.6) is 0 Å². The highest BCUT2D eigenvalue weighted by molar-refractivity contribution is 5.90. The third-order valence-corrected chi connectivity index (χ3v) is 4.10. The summed E-state index contributed by atoms with van der Waals surface area (Å²) in [6, 6.07) is 0. The molecule has 1 saturated carbocycles. The molecule has 0 amide bonds. The Morgan fingerprint density at radius 3 is 2.24 bits per heavy atom. The van der Waals surface area contributed by atoms with E-state index < -0.39 is 0 Å². The van der Waals surface area contributed by atoms with Gasteiger partial charge >= 0.3 is 0 Å². The number of hydrogen-bond donors (Lipinski definition) is 0. The molecule has 1 aliphatic carbocycles. The van der Waals surface area contributed by atoms with Gasteiger partial charge in [-0.2, -0.15) is 0 Å². The van der Waals surface area contributed by atoms with Crippen molar-refractivity contribution in [2.45, 2.75) is 40.0 Å². The van der Waals surface area contributed by atoms with E-state index in [2.05, 4.69) is 25.7 Å². The fourth-order valence-corrected chi connectivity index (χ4v) is 3.04. The number of morpholine rings is 1. The number of hydrogen-bond acceptors (Lipinski definition) is 3. The SMILES string of the molecule is CC(C)(C)C(=O)C1(CN2CCOCC2)CCC1. The average molecular weight is 239 g/mol. The molecular weight excluding hydrogens is 214 g/mol. The molecule has 98 valence electrons. The predicted molar refractivity (Wildman–Crippen MR) is 68.0 cm³/mol. The van der Waals surface area contributed by atoms with E-state index in [-0.39, 0.29) is 10.8 Å². The molecule has 2 rings (SSSR count). The van der Waals surface area contributed by atoms with E-state index in [0.717, 1.165) is 45.7 Å². The third kappa shape index (κ3) is 2.71. The minimum atomic E-state index is -0.202. The second-order valence-electron chi connectivity index (χ2n) is 6.60. The van der Waals surface area contributed by atoms with E-state index in [1.807, 2.05) is 0 Å². The van der Waals surface area contributed by atoms with Crippen molar-refractivity contribution in [3.05, 3.63) is 0 Å². The Morgan fingerprint density at radius 2 is 1.82 bits per heavy atom. The largest absolute Gasteiger partial charge is 0.379 e. The normalized spacial score (nSPS) is 25.4. The monoisotopic (exact) mass is 239 g/mol. The highest BCUT2D eigenvalue weighted by Gasteiger charge is 2.48. The van der Waals surface area contributed by atoms with Crippen molar-refractivity contribution in [2.75, 3.05) is 32.8 Å². The lowest BCUT2D eigenvalue weighted by atomic mass is 9.60. The average Bonchev–Trinajstić information content (AvgIpc) is 2.23. The van der Waals surface area contributed by atoms with E-state index in [0.29, 0.717) is 5.78 Å². The third-order valence-electron chi connectivity index (χ3n) is 4.10. The molecular formula is C14H25NO2. The second kappa shape index (κ2) is 4.69. The van der Waals surface area contributed by atoms with Crippen molar-refractivity contribution >= 4 is 5.78 Å². The first-order valence-corrected chi connectivity index (χ1v) is 6.79. The van der Waals surface area contributed by atoms with Crippen molar-refractivity contribution in [3.8, 4) is 0 Å². The highest BCUT2D eigenvalue weighted by Crippen LogP contribution is 2.46. The fraction of sp³-hybridized carbons (Fsp3) is 0.929. The van der Waals surface area contributed by atoms with Crippen molar-refractivity contribution in [1.29, 1.82) is 0 Å². The minimum absolute atomic E-state index is 0.0460. The van der Waals surface area contributed by atoms with Gasteiger partial charge in [-0.05, 0) is 12.8 Å². The van der Waals surface area contributed by atoms with Crippen molar-refractivity contribution in [1.82, 2.24) is 4.90 Å². The number of carbonyl (C=O) groups excluding carboxylic acids is 1. The van der Waals surface area contributed by atoms with Gasteiger partial charge in [0.1, 0.15) is 5.78 Å². The van der Waals surface area contributed by atoms with Crippen LogP contribution >= 0.6 is 0 Å². The van der Waals surface area contributed by atoms with E-state index in [1.54, 1.807) is 0 Å². The van der Waals surface area contributed by atoms with Crippen LogP contribution in [0, 0.1) is 10.8 Å². The van der Waals surface area contributed by atoms with Crippen LogP contribution in [-0.4, -0.2) is 43.5 Å². The highest BCUT2D eigenvalue weighted by atomic mass is 16.5. The summed E-state index contributed by atoms with van der Waals surface area (Å²) in [5.41, 5.74) is -0.248. The first kappa shape index (κ1) is 13.0. The van der Waals surface area contributed by atoms with Crippen LogP contribution in [0.15, 0.2) is 0 Å². The number of ketones is 1. The predicted octanol–water partition coefficient (Wildman–Crippen LogP) is 2.10. The van der Waals surface area contributed by atoms with E-state index in [1.165, 1.54) is 6.42 Å². The second-order valence-corrected chi connectivity index (χ2v) is 6.60. The Bertz CT molecular complexity index is 283. The van der Waals surface area contributed by atoms with Crippen LogP contribution in [0.1, 0.15) is 40.0 Å². The van der Waals surface area contributed by atoms with Crippen molar-refractivity contribution in [3.63, 3.8) is 0 Å². The zero-order chi connectivity index (χ0) is 12.5. The Hall–Kier alpha value is -0.410. The molecule has 0 atom stereocenters. The summed E-state index contributed by atoms with van der Waals surface area (Å²) in [5.74, 6) is 0.461. The summed E-state index contributed by atoms with van der Waals surface area (Å²) in [6.45, 7) is 10.7. The summed E-state index contributed by atoms with van der Waals surface area (Å²) in [7, 11) is 0. The van der Waals surface area contributed by atoms with Crippen LogP contribution in [0.4, 0.5) is 0 Å². The van der Waals surface area contributed by atoms with Crippen LogP contribution in [0.25, 0.3) is 0 Å². The smallest absolute Gasteiger partial charge is 0.145 e. The molecule has 0 unspecified atom stereocenters. The summed E-state index contributed by atoms with van der Waals surface area (Å²) >= 11 is 0. The molecule has 0 radical (unpaired) electrons. The molecule has 1 aliphatic heterocycles. The van der Waals surface area contributed by atoms with Crippen LogP contribution < -0.4 is 0 Å². The van der Waals surface area contributed by atoms with Gasteiger partial charge in [0.25, 0.3) is 0 Å². The lowest BCUT2D eigenvalue weighted by Crippen LogP contribution is -2.53. The first-order chi connectivity index (χ1) is 7.94. The first-order valence-electron chi connectivity index (χ1n) is 6.79. The maximum atomic E-state index is 12.6. The Morgan fingerprint density at radius 1 is 1.24 bits per heavy atom. The molecule has 2 fully saturated rings. The molecule has 0 aromatic heterocycles. The molecule has 17 heavy (non-hydrogen) atoms. The molecule has 0 aromatic carbocycles. The van der Waals surface area contributed by atoms with Gasteiger partial charge in [0.05, 0.1) is 13.2 Å². The van der Waals surface area contributed by atoms with E-state index in [4.69, 9.17) is 4.74 Å². The fourth-order valence-electron chi connectivity index (χ4n) is 3.04. The van der Waals surface area contributed by atoms with Crippen LogP contribution in [0.3, 0.4) is 0 Å². The quantitative estimate of drug-likeness (QED) is 0.755. The van der Waals surface area contributed by atoms with Crippen LogP contribution in [-0.2, 0) is 9.53 Å². The topological polar surface area (TPSA) is 29.5 Å². The number of nitrogens with zero attached hydrogens (tertiary/aromatic N) is 1. The van der Waals surface area contributed by atoms with Gasteiger partial charge in [0.2, 0.25) is 0 Å². The molecule has 0 aromatic rings. The number of rotatable bonds is 3. The van der Waals surface area contributed by atoms with E-state index >= 15 is 0 Å². The van der Waals surface area contributed by atoms with Crippen molar-refractivity contribution in [2.24, 2.45) is 10.8 Å². The molecule has 2 aliphatic rings. The lowest BCUT2D eigenvalue weighted by molar-refractivity contribution is -0.144. The number of carbonyl (C=O) groups is 1. The molecule has 3 heteroatoms. The summed E-state index contributed by atoms with van der Waals surface area (Å²) < 4.78 is 5.37. The lowest BCUT2D eigenvalue weighted by Gasteiger charge is -2.47. The Labute approximate surface area is 105 Å². The minimum Gasteiger partial charge on any atom is -0.379 e. The van der Waals surface area contributed by atoms with Crippen LogP contribution in [0.2, 0.25) is 0 Å². The standard InChI is InChI=1S/C14H25NO2/c1-13(2,3)12(16)14(5-4-6-14)11-15-7-9-17-10-8-15/h4-11H2,1-3H3. The number of ether oxygens (including phenoxy) is 1. The summed E-state index contributed by atoms with van der Waals surface area (Å²) in [5, 5.41) is 0. The van der Waals surface area contributed by atoms with Gasteiger partial charge in [-0.1, -0.05) is 27.2 Å². The zero-order valence-electron chi connectivity index (χ0n) is 11.4. The molecule has 1 heterocycles. The van der Waals surface area contributed by atoms with Gasteiger partial charge in [-0.15, -0.1) is 0 Å². The van der Waals surface area contributed by atoms with Gasteiger partial charge in [0.15, 0.2) is 0 Å². The van der Waals surface area contributed by atoms with Gasteiger partial charge in [-0.25, -0.2) is 0 Å². The Kier molecular flexibility index (Phi) is 3.60. The summed E-state index contributed by atoms with van der Waals surface area (Å²) in [4.78, 5) is 15.0. The van der Waals surface area contributed by atoms with E-state index in [9.17, 15) is 4.79 Å². The van der Waals surface area contributed by atoms with Gasteiger partial charge in [0, 0.05) is 30.5 Å². The van der Waals surface area contributed by atoms with Gasteiger partial charge < -0.3 is 4.74 Å². The zero-order valence-corrected chi connectivity index (χ0v) is 11.4. The Balaban J connectivity index is 2.01. The molecule has 0 spiro atoms. The molecule has 3 nitrogen and oxygen atoms in total. The molecule has 0 bridgehead atoms. The molecule has 1 saturated heterocycles. The maximum Gasteiger partial charge on any atom is 0.145 e. The number of Topliss-reactive ketones (excluding diaryl/α,β-unsaturated/α-hetero) is 1. The van der Waals surface area contributed by atoms with Crippen molar-refractivity contribution < 1.29 is 9.53 Å². The van der Waals surface area contributed by atoms with Gasteiger partial charge in [-0.3, -0.25) is 9.69 Å². The summed E-state index contributed by atoms with van der Waals surface area (Å²) in [6.07, 6.45) is 3.38. The molecule has 0 N–H and O–H groups in total. The maximum absolute atomic E-state index is 12.6.